The number of anilines is 1. The Morgan fingerprint density at radius 1 is 0.897 bits per heavy atom. The summed E-state index contributed by atoms with van der Waals surface area (Å²) in [4.78, 5) is 13.2. The molecule has 144 valence electrons. The fourth-order valence-corrected chi connectivity index (χ4v) is 5.22. The molecule has 0 unspecified atom stereocenters. The normalized spacial score (nSPS) is 14.6. The highest BCUT2D eigenvalue weighted by atomic mass is 32.2. The average molecular weight is 403 g/mol. The molecule has 1 N–H and O–H groups in total. The number of fused-ring (bicyclic) bond motifs is 2. The van der Waals surface area contributed by atoms with Crippen molar-refractivity contribution in [1.82, 2.24) is 9.78 Å². The first-order valence-corrected chi connectivity index (χ1v) is 11.0. The van der Waals surface area contributed by atoms with Gasteiger partial charge < -0.3 is 5.32 Å². The molecule has 0 radical (unpaired) electrons. The van der Waals surface area contributed by atoms with Gasteiger partial charge in [0, 0.05) is 11.1 Å². The highest BCUT2D eigenvalue weighted by Gasteiger charge is 2.33. The Morgan fingerprint density at radius 3 is 2.45 bits per heavy atom. The van der Waals surface area contributed by atoms with E-state index in [1.165, 1.54) is 0 Å². The van der Waals surface area contributed by atoms with Gasteiger partial charge in [0.25, 0.3) is 5.91 Å². The van der Waals surface area contributed by atoms with E-state index in [1.54, 1.807) is 10.7 Å². The number of amides is 1. The van der Waals surface area contributed by atoms with Crippen LogP contribution in [0.3, 0.4) is 0 Å². The van der Waals surface area contributed by atoms with E-state index in [0.717, 1.165) is 16.5 Å². The third kappa shape index (κ3) is 3.09. The molecule has 0 saturated heterocycles. The van der Waals surface area contributed by atoms with Crippen LogP contribution in [0.15, 0.2) is 72.8 Å². The first-order chi connectivity index (χ1) is 14.0. The van der Waals surface area contributed by atoms with Crippen LogP contribution in [-0.4, -0.2) is 24.1 Å². The predicted molar refractivity (Wildman–Crippen MR) is 112 cm³/mol. The van der Waals surface area contributed by atoms with E-state index in [9.17, 15) is 13.2 Å². The second kappa shape index (κ2) is 6.56. The van der Waals surface area contributed by atoms with Crippen LogP contribution in [0.25, 0.3) is 16.5 Å². The lowest BCUT2D eigenvalue weighted by Gasteiger charge is -2.12. The number of aromatic nitrogens is 2. The largest absolute Gasteiger partial charge is 0.306 e. The maximum absolute atomic E-state index is 13.2. The number of nitrogens with zero attached hydrogens (tertiary/aromatic N) is 2. The second-order valence-electron chi connectivity index (χ2n) is 7.03. The lowest BCUT2D eigenvalue weighted by Crippen LogP contribution is -2.17. The summed E-state index contributed by atoms with van der Waals surface area (Å²) < 4.78 is 25.8. The number of para-hydroxylation sites is 1. The zero-order valence-electron chi connectivity index (χ0n) is 15.4. The fraction of sp³-hybridized carbons (Fsp3) is 0.0909. The van der Waals surface area contributed by atoms with Gasteiger partial charge in [-0.25, -0.2) is 13.1 Å². The maximum atomic E-state index is 13.2. The van der Waals surface area contributed by atoms with Gasteiger partial charge in [0.15, 0.2) is 9.84 Å². The van der Waals surface area contributed by atoms with E-state index < -0.39 is 9.84 Å². The first-order valence-electron chi connectivity index (χ1n) is 9.17. The average Bonchev–Trinajstić information content (AvgIpc) is 3.20. The summed E-state index contributed by atoms with van der Waals surface area (Å²) in [6, 6.07) is 22.6. The first kappa shape index (κ1) is 17.6. The Hall–Kier alpha value is -3.45. The van der Waals surface area contributed by atoms with Crippen molar-refractivity contribution in [3.63, 3.8) is 0 Å². The Bertz CT molecular complexity index is 1350. The molecule has 0 spiro atoms. The molecule has 5 rings (SSSR count). The van der Waals surface area contributed by atoms with E-state index in [4.69, 9.17) is 0 Å². The third-order valence-corrected chi connectivity index (χ3v) is 6.50. The number of hydrogen-bond donors (Lipinski definition) is 1. The summed E-state index contributed by atoms with van der Waals surface area (Å²) >= 11 is 0. The zero-order chi connectivity index (χ0) is 20.0. The Morgan fingerprint density at radius 2 is 1.62 bits per heavy atom. The second-order valence-corrected chi connectivity index (χ2v) is 9.10. The third-order valence-electron chi connectivity index (χ3n) is 5.05. The Labute approximate surface area is 167 Å². The lowest BCUT2D eigenvalue weighted by atomic mass is 10.0. The van der Waals surface area contributed by atoms with Gasteiger partial charge in [0.05, 0.1) is 22.9 Å². The molecule has 6 nitrogen and oxygen atoms in total. The molecule has 0 bridgehead atoms. The van der Waals surface area contributed by atoms with Crippen LogP contribution in [0.4, 0.5) is 5.82 Å². The van der Waals surface area contributed by atoms with Gasteiger partial charge in [0.1, 0.15) is 5.82 Å². The minimum absolute atomic E-state index is 0.112. The molecule has 1 aliphatic rings. The van der Waals surface area contributed by atoms with E-state index in [2.05, 4.69) is 10.4 Å². The van der Waals surface area contributed by atoms with Crippen molar-refractivity contribution in [2.75, 3.05) is 5.32 Å². The van der Waals surface area contributed by atoms with Gasteiger partial charge in [-0.15, -0.1) is 0 Å². The van der Waals surface area contributed by atoms with Crippen LogP contribution in [0.5, 0.6) is 0 Å². The summed E-state index contributed by atoms with van der Waals surface area (Å²) in [6.45, 7) is 0. The van der Waals surface area contributed by atoms with Gasteiger partial charge in [-0.1, -0.05) is 54.6 Å². The van der Waals surface area contributed by atoms with Crippen LogP contribution >= 0.6 is 0 Å². The summed E-state index contributed by atoms with van der Waals surface area (Å²) in [7, 11) is -3.25. The van der Waals surface area contributed by atoms with Crippen LogP contribution in [0, 0.1) is 0 Å². The SMILES string of the molecule is O=C(Nc1c2c(nn1-c1ccccc1)CS(=O)(=O)C2)c1cccc2ccccc12. The molecule has 0 saturated carbocycles. The number of sulfone groups is 1. The van der Waals surface area contributed by atoms with E-state index >= 15 is 0 Å². The molecular weight excluding hydrogens is 386 g/mol. The molecule has 4 aromatic rings. The number of rotatable bonds is 3. The maximum Gasteiger partial charge on any atom is 0.257 e. The fourth-order valence-electron chi connectivity index (χ4n) is 3.73. The van der Waals surface area contributed by atoms with E-state index in [-0.39, 0.29) is 17.4 Å². The Balaban J connectivity index is 1.61. The van der Waals surface area contributed by atoms with Crippen molar-refractivity contribution < 1.29 is 13.2 Å². The predicted octanol–water partition coefficient (Wildman–Crippen LogP) is 3.71. The summed E-state index contributed by atoms with van der Waals surface area (Å²) in [5, 5.41) is 9.22. The molecule has 1 amide bonds. The van der Waals surface area contributed by atoms with Gasteiger partial charge in [0.2, 0.25) is 0 Å². The van der Waals surface area contributed by atoms with Gasteiger partial charge in [-0.05, 0) is 29.0 Å². The van der Waals surface area contributed by atoms with E-state index in [0.29, 0.717) is 22.6 Å². The monoisotopic (exact) mass is 403 g/mol. The zero-order valence-corrected chi connectivity index (χ0v) is 16.2. The number of hydrogen-bond acceptors (Lipinski definition) is 4. The lowest BCUT2D eigenvalue weighted by molar-refractivity contribution is 0.102. The van der Waals surface area contributed by atoms with Crippen LogP contribution < -0.4 is 5.32 Å². The highest BCUT2D eigenvalue weighted by molar-refractivity contribution is 7.90. The van der Waals surface area contributed by atoms with Crippen LogP contribution in [0.2, 0.25) is 0 Å². The van der Waals surface area contributed by atoms with Crippen molar-refractivity contribution in [1.29, 1.82) is 0 Å². The quantitative estimate of drug-likeness (QED) is 0.565. The number of benzene rings is 3. The standard InChI is InChI=1S/C22H17N3O3S/c26-22(18-12-6-8-15-7-4-5-11-17(15)18)23-21-19-13-29(27,28)14-20(19)24-25(21)16-9-2-1-3-10-16/h1-12H,13-14H2,(H,23,26). The molecule has 0 atom stereocenters. The van der Waals surface area contributed by atoms with Gasteiger partial charge in [-0.3, -0.25) is 4.79 Å². The summed E-state index contributed by atoms with van der Waals surface area (Å²) in [5.74, 6) is -0.129. The van der Waals surface area contributed by atoms with Crippen molar-refractivity contribution in [3.05, 3.63) is 89.6 Å². The molecule has 2 heterocycles. The molecule has 0 aliphatic carbocycles. The van der Waals surface area contributed by atoms with Crippen molar-refractivity contribution >= 4 is 32.3 Å². The number of nitrogens with one attached hydrogen (secondary N) is 1. The van der Waals surface area contributed by atoms with Crippen molar-refractivity contribution in [2.24, 2.45) is 0 Å². The minimum Gasteiger partial charge on any atom is -0.306 e. The number of carbonyl (C=O) groups is 1. The molecule has 7 heteroatoms. The minimum atomic E-state index is -3.25. The molecule has 29 heavy (non-hydrogen) atoms. The Kier molecular flexibility index (Phi) is 3.99. The topological polar surface area (TPSA) is 81.1 Å². The van der Waals surface area contributed by atoms with Crippen molar-refractivity contribution in [2.45, 2.75) is 11.5 Å². The van der Waals surface area contributed by atoms with Crippen LogP contribution in [0.1, 0.15) is 21.6 Å². The summed E-state index contributed by atoms with van der Waals surface area (Å²) in [5.41, 5.74) is 2.33. The molecule has 1 aliphatic heterocycles. The molecule has 0 fully saturated rings. The molecule has 1 aromatic heterocycles. The molecule has 3 aromatic carbocycles. The summed E-state index contributed by atoms with van der Waals surface area (Å²) in [6.07, 6.45) is 0. The van der Waals surface area contributed by atoms with E-state index in [1.807, 2.05) is 66.7 Å². The number of carbonyl (C=O) groups excluding carboxylic acids is 1. The van der Waals surface area contributed by atoms with Crippen molar-refractivity contribution in [3.8, 4) is 5.69 Å². The highest BCUT2D eigenvalue weighted by Crippen LogP contribution is 2.33. The smallest absolute Gasteiger partial charge is 0.257 e. The van der Waals surface area contributed by atoms with Gasteiger partial charge >= 0.3 is 0 Å². The van der Waals surface area contributed by atoms with Crippen LogP contribution in [-0.2, 0) is 21.3 Å². The molecular formula is C22H17N3O3S. The van der Waals surface area contributed by atoms with Gasteiger partial charge in [-0.2, -0.15) is 5.10 Å².